The van der Waals surface area contributed by atoms with Crippen LogP contribution in [0, 0.1) is 0 Å². The third kappa shape index (κ3) is 3.37. The number of nitrogens with one attached hydrogen (secondary N) is 1. The number of aromatic nitrogens is 2. The predicted molar refractivity (Wildman–Crippen MR) is 80.6 cm³/mol. The zero-order valence-electron chi connectivity index (χ0n) is 12.1. The number of anilines is 1. The Labute approximate surface area is 115 Å². The highest BCUT2D eigenvalue weighted by atomic mass is 15.3. The molecular formula is C16H23N3. The molecule has 2 aromatic rings. The number of nitrogens with zero attached hydrogens (tertiary/aromatic N) is 2. The molecule has 0 aliphatic rings. The maximum absolute atomic E-state index is 4.69. The Balaban J connectivity index is 2.03. The summed E-state index contributed by atoms with van der Waals surface area (Å²) in [5.74, 6) is 0. The zero-order chi connectivity index (χ0) is 13.7. The summed E-state index contributed by atoms with van der Waals surface area (Å²) in [6.07, 6.45) is 2.03. The molecule has 1 atom stereocenters. The lowest BCUT2D eigenvalue weighted by Crippen LogP contribution is -2.19. The molecule has 0 aliphatic heterocycles. The molecule has 0 amide bonds. The Bertz CT molecular complexity index is 502. The van der Waals surface area contributed by atoms with Crippen molar-refractivity contribution in [2.75, 3.05) is 11.9 Å². The molecule has 1 aromatic heterocycles. The van der Waals surface area contributed by atoms with E-state index in [0.29, 0.717) is 6.04 Å². The van der Waals surface area contributed by atoms with Crippen molar-refractivity contribution in [3.63, 3.8) is 0 Å². The second-order valence-electron chi connectivity index (χ2n) is 4.87. The minimum absolute atomic E-state index is 0.357. The third-order valence-corrected chi connectivity index (χ3v) is 3.38. The highest BCUT2D eigenvalue weighted by Crippen LogP contribution is 2.14. The number of hydrogen-bond donors (Lipinski definition) is 1. The van der Waals surface area contributed by atoms with Gasteiger partial charge in [0.05, 0.1) is 11.7 Å². The van der Waals surface area contributed by atoms with Crippen molar-refractivity contribution in [1.82, 2.24) is 9.78 Å². The van der Waals surface area contributed by atoms with Gasteiger partial charge in [-0.15, -0.1) is 0 Å². The summed E-state index contributed by atoms with van der Waals surface area (Å²) in [7, 11) is 0. The lowest BCUT2D eigenvalue weighted by atomic mass is 10.2. The molecule has 1 heterocycles. The lowest BCUT2D eigenvalue weighted by molar-refractivity contribution is 0.490. The third-order valence-electron chi connectivity index (χ3n) is 3.38. The molecule has 0 saturated heterocycles. The first-order valence-corrected chi connectivity index (χ1v) is 7.10. The van der Waals surface area contributed by atoms with Crippen molar-refractivity contribution in [2.45, 2.75) is 39.7 Å². The normalized spacial score (nSPS) is 12.4. The fourth-order valence-corrected chi connectivity index (χ4v) is 2.22. The Morgan fingerprint density at radius 3 is 2.53 bits per heavy atom. The van der Waals surface area contributed by atoms with Crippen molar-refractivity contribution >= 4 is 5.69 Å². The molecule has 0 aliphatic carbocycles. The van der Waals surface area contributed by atoms with Crippen molar-refractivity contribution in [3.05, 3.63) is 47.8 Å². The average Bonchev–Trinajstić information content (AvgIpc) is 2.89. The number of para-hydroxylation sites is 1. The van der Waals surface area contributed by atoms with Crippen LogP contribution in [0.5, 0.6) is 0 Å². The minimum Gasteiger partial charge on any atom is -0.383 e. The molecule has 1 aromatic carbocycles. The van der Waals surface area contributed by atoms with Crippen LogP contribution in [0.2, 0.25) is 0 Å². The van der Waals surface area contributed by atoms with E-state index in [2.05, 4.69) is 54.1 Å². The molecule has 19 heavy (non-hydrogen) atoms. The van der Waals surface area contributed by atoms with E-state index >= 15 is 0 Å². The average molecular weight is 257 g/mol. The second-order valence-corrected chi connectivity index (χ2v) is 4.87. The molecule has 1 unspecified atom stereocenters. The van der Waals surface area contributed by atoms with Crippen LogP contribution in [0.4, 0.5) is 5.69 Å². The number of hydrogen-bond acceptors (Lipinski definition) is 2. The smallest absolute Gasteiger partial charge is 0.0666 e. The summed E-state index contributed by atoms with van der Waals surface area (Å²) in [5.41, 5.74) is 3.66. The zero-order valence-corrected chi connectivity index (χ0v) is 12.1. The van der Waals surface area contributed by atoms with Gasteiger partial charge in [-0.05, 0) is 38.0 Å². The maximum atomic E-state index is 4.69. The predicted octanol–water partition coefficient (Wildman–Crippen LogP) is 3.68. The van der Waals surface area contributed by atoms with Gasteiger partial charge >= 0.3 is 0 Å². The van der Waals surface area contributed by atoms with E-state index in [-0.39, 0.29) is 0 Å². The summed E-state index contributed by atoms with van der Waals surface area (Å²) in [4.78, 5) is 0. The first-order chi connectivity index (χ1) is 9.24. The first-order valence-electron chi connectivity index (χ1n) is 7.10. The Morgan fingerprint density at radius 1 is 1.16 bits per heavy atom. The van der Waals surface area contributed by atoms with E-state index in [1.807, 2.05) is 18.2 Å². The van der Waals surface area contributed by atoms with Gasteiger partial charge in [-0.1, -0.05) is 32.0 Å². The number of aryl methyl sites for hydroxylation is 2. The molecule has 3 heteroatoms. The molecule has 2 rings (SSSR count). The first kappa shape index (κ1) is 13.7. The lowest BCUT2D eigenvalue weighted by Gasteiger charge is -2.16. The van der Waals surface area contributed by atoms with Crippen LogP contribution in [0.15, 0.2) is 36.4 Å². The highest BCUT2D eigenvalue weighted by molar-refractivity contribution is 5.42. The Morgan fingerprint density at radius 2 is 1.89 bits per heavy atom. The van der Waals surface area contributed by atoms with Gasteiger partial charge in [0.25, 0.3) is 0 Å². The van der Waals surface area contributed by atoms with E-state index in [1.165, 1.54) is 11.4 Å². The van der Waals surface area contributed by atoms with Crippen LogP contribution in [-0.2, 0) is 12.8 Å². The SMILES string of the molecule is CCc1cc(CC)n(C(C)CNc2ccccc2)n1. The van der Waals surface area contributed by atoms with Crippen molar-refractivity contribution in [3.8, 4) is 0 Å². The second kappa shape index (κ2) is 6.41. The minimum atomic E-state index is 0.357. The fraction of sp³-hybridized carbons (Fsp3) is 0.438. The van der Waals surface area contributed by atoms with Crippen LogP contribution < -0.4 is 5.32 Å². The van der Waals surface area contributed by atoms with Gasteiger partial charge in [-0.2, -0.15) is 5.10 Å². The summed E-state index contributed by atoms with van der Waals surface area (Å²) in [6.45, 7) is 7.44. The van der Waals surface area contributed by atoms with Crippen LogP contribution in [-0.4, -0.2) is 16.3 Å². The van der Waals surface area contributed by atoms with E-state index in [9.17, 15) is 0 Å². The molecule has 0 fully saturated rings. The van der Waals surface area contributed by atoms with Crippen molar-refractivity contribution in [2.24, 2.45) is 0 Å². The fourth-order valence-electron chi connectivity index (χ4n) is 2.22. The van der Waals surface area contributed by atoms with E-state index in [0.717, 1.165) is 25.1 Å². The van der Waals surface area contributed by atoms with Crippen LogP contribution in [0.3, 0.4) is 0 Å². The monoisotopic (exact) mass is 257 g/mol. The molecule has 0 bridgehead atoms. The van der Waals surface area contributed by atoms with Gasteiger partial charge in [0.2, 0.25) is 0 Å². The van der Waals surface area contributed by atoms with Crippen molar-refractivity contribution in [1.29, 1.82) is 0 Å². The number of rotatable bonds is 6. The van der Waals surface area contributed by atoms with Crippen LogP contribution >= 0.6 is 0 Å². The standard InChI is InChI=1S/C16H23N3/c1-4-14-11-16(5-2)19(18-14)13(3)12-17-15-9-7-6-8-10-15/h6-11,13,17H,4-5,12H2,1-3H3. The summed E-state index contributed by atoms with van der Waals surface area (Å²) >= 11 is 0. The summed E-state index contributed by atoms with van der Waals surface area (Å²) < 4.78 is 2.16. The van der Waals surface area contributed by atoms with Crippen LogP contribution in [0.25, 0.3) is 0 Å². The van der Waals surface area contributed by atoms with E-state index < -0.39 is 0 Å². The Kier molecular flexibility index (Phi) is 4.61. The van der Waals surface area contributed by atoms with E-state index in [4.69, 9.17) is 0 Å². The van der Waals surface area contributed by atoms with E-state index in [1.54, 1.807) is 0 Å². The molecule has 3 nitrogen and oxygen atoms in total. The molecule has 0 saturated carbocycles. The topological polar surface area (TPSA) is 29.9 Å². The molecular weight excluding hydrogens is 234 g/mol. The largest absolute Gasteiger partial charge is 0.383 e. The highest BCUT2D eigenvalue weighted by Gasteiger charge is 2.11. The van der Waals surface area contributed by atoms with Gasteiger partial charge < -0.3 is 5.32 Å². The van der Waals surface area contributed by atoms with Gasteiger partial charge in [0, 0.05) is 17.9 Å². The molecule has 1 N–H and O–H groups in total. The van der Waals surface area contributed by atoms with Gasteiger partial charge in [-0.25, -0.2) is 0 Å². The van der Waals surface area contributed by atoms with Gasteiger partial charge in [0.15, 0.2) is 0 Å². The molecule has 0 spiro atoms. The van der Waals surface area contributed by atoms with Gasteiger partial charge in [0.1, 0.15) is 0 Å². The molecule has 0 radical (unpaired) electrons. The summed E-state index contributed by atoms with van der Waals surface area (Å²) in [6, 6.07) is 12.9. The van der Waals surface area contributed by atoms with Crippen molar-refractivity contribution < 1.29 is 0 Å². The summed E-state index contributed by atoms with van der Waals surface area (Å²) in [5, 5.41) is 8.15. The Hall–Kier alpha value is -1.77. The van der Waals surface area contributed by atoms with Crippen LogP contribution in [0.1, 0.15) is 38.2 Å². The number of benzene rings is 1. The quantitative estimate of drug-likeness (QED) is 0.855. The maximum Gasteiger partial charge on any atom is 0.0666 e. The molecule has 102 valence electrons. The van der Waals surface area contributed by atoms with Gasteiger partial charge in [-0.3, -0.25) is 4.68 Å².